The number of carbonyl (C=O) groups excluding carboxylic acids is 1. The van der Waals surface area contributed by atoms with Crippen LogP contribution in [0, 0.1) is 17.5 Å². The smallest absolute Gasteiger partial charge is 0.243 e. The highest BCUT2D eigenvalue weighted by Gasteiger charge is 2.15. The average molecular weight is 330 g/mol. The molecule has 0 atom stereocenters. The number of nitrogens with one attached hydrogen (secondary N) is 3. The average Bonchev–Trinajstić information content (AvgIpc) is 2.55. The van der Waals surface area contributed by atoms with Gasteiger partial charge < -0.3 is 16.0 Å². The third-order valence-corrected chi connectivity index (χ3v) is 3.02. The Kier molecular flexibility index (Phi) is 7.93. The van der Waals surface area contributed by atoms with Crippen LogP contribution >= 0.6 is 0 Å². The van der Waals surface area contributed by atoms with Crippen LogP contribution in [0.25, 0.3) is 0 Å². The Morgan fingerprint density at radius 3 is 2.52 bits per heavy atom. The molecule has 1 rings (SSSR count). The van der Waals surface area contributed by atoms with Crippen LogP contribution in [0.5, 0.6) is 0 Å². The molecular formula is C15H21F3N4O. The molecule has 0 radical (unpaired) electrons. The lowest BCUT2D eigenvalue weighted by molar-refractivity contribution is -0.115. The summed E-state index contributed by atoms with van der Waals surface area (Å²) >= 11 is 0. The van der Waals surface area contributed by atoms with E-state index in [1.165, 1.54) is 0 Å². The van der Waals surface area contributed by atoms with Gasteiger partial charge in [0.15, 0.2) is 23.4 Å². The van der Waals surface area contributed by atoms with Crippen molar-refractivity contribution in [2.45, 2.75) is 26.2 Å². The summed E-state index contributed by atoms with van der Waals surface area (Å²) in [6, 6.07) is 1.71. The van der Waals surface area contributed by atoms with Crippen molar-refractivity contribution in [2.24, 2.45) is 4.99 Å². The summed E-state index contributed by atoms with van der Waals surface area (Å²) in [4.78, 5) is 15.7. The molecule has 0 bridgehead atoms. The van der Waals surface area contributed by atoms with E-state index in [9.17, 15) is 18.0 Å². The molecule has 8 heteroatoms. The summed E-state index contributed by atoms with van der Waals surface area (Å²) in [7, 11) is 1.56. The Morgan fingerprint density at radius 1 is 1.13 bits per heavy atom. The first kappa shape index (κ1) is 18.8. The molecule has 0 aliphatic rings. The number of halogens is 3. The van der Waals surface area contributed by atoms with Gasteiger partial charge in [-0.15, -0.1) is 0 Å². The van der Waals surface area contributed by atoms with Crippen molar-refractivity contribution < 1.29 is 18.0 Å². The molecule has 3 N–H and O–H groups in total. The Bertz CT molecular complexity index is 564. The second-order valence-corrected chi connectivity index (χ2v) is 4.83. The Hall–Kier alpha value is -2.25. The van der Waals surface area contributed by atoms with Crippen molar-refractivity contribution in [2.75, 3.05) is 25.5 Å². The highest BCUT2D eigenvalue weighted by atomic mass is 19.2. The monoisotopic (exact) mass is 330 g/mol. The molecule has 0 aliphatic carbocycles. The topological polar surface area (TPSA) is 65.5 Å². The van der Waals surface area contributed by atoms with E-state index in [2.05, 4.69) is 27.9 Å². The van der Waals surface area contributed by atoms with Gasteiger partial charge in [0.2, 0.25) is 5.91 Å². The Labute approximate surface area is 133 Å². The predicted octanol–water partition coefficient (Wildman–Crippen LogP) is 2.40. The number of anilines is 1. The van der Waals surface area contributed by atoms with Gasteiger partial charge in [0, 0.05) is 13.6 Å². The van der Waals surface area contributed by atoms with Crippen LogP contribution in [0.4, 0.5) is 18.9 Å². The zero-order valence-corrected chi connectivity index (χ0v) is 13.2. The number of guanidine groups is 1. The SMILES string of the molecule is CCCCCNC(=NC)NCC(=O)Nc1ccc(F)c(F)c1F. The lowest BCUT2D eigenvalue weighted by atomic mass is 10.2. The van der Waals surface area contributed by atoms with Crippen molar-refractivity contribution >= 4 is 17.6 Å². The van der Waals surface area contributed by atoms with Gasteiger partial charge in [-0.1, -0.05) is 19.8 Å². The molecule has 1 aromatic carbocycles. The van der Waals surface area contributed by atoms with Crippen LogP contribution in [-0.4, -0.2) is 32.0 Å². The van der Waals surface area contributed by atoms with E-state index in [4.69, 9.17) is 0 Å². The lowest BCUT2D eigenvalue weighted by Crippen LogP contribution is -2.41. The van der Waals surface area contributed by atoms with Gasteiger partial charge in [-0.2, -0.15) is 0 Å². The summed E-state index contributed by atoms with van der Waals surface area (Å²) < 4.78 is 39.3. The zero-order chi connectivity index (χ0) is 17.2. The van der Waals surface area contributed by atoms with E-state index in [1.54, 1.807) is 7.05 Å². The molecule has 0 saturated carbocycles. The highest BCUT2D eigenvalue weighted by Crippen LogP contribution is 2.19. The number of benzene rings is 1. The van der Waals surface area contributed by atoms with E-state index in [1.807, 2.05) is 0 Å². The van der Waals surface area contributed by atoms with E-state index in [-0.39, 0.29) is 6.54 Å². The number of nitrogens with zero attached hydrogens (tertiary/aromatic N) is 1. The second kappa shape index (κ2) is 9.70. The fraction of sp³-hybridized carbons (Fsp3) is 0.467. The normalized spacial score (nSPS) is 11.3. The van der Waals surface area contributed by atoms with Gasteiger partial charge in [0.1, 0.15) is 0 Å². The number of hydrogen-bond donors (Lipinski definition) is 3. The van der Waals surface area contributed by atoms with Crippen LogP contribution < -0.4 is 16.0 Å². The molecule has 1 aromatic rings. The summed E-state index contributed by atoms with van der Waals surface area (Å²) in [5.74, 6) is -4.53. The summed E-state index contributed by atoms with van der Waals surface area (Å²) in [6.45, 7) is 2.62. The molecule has 128 valence electrons. The zero-order valence-electron chi connectivity index (χ0n) is 13.2. The summed E-state index contributed by atoms with van der Waals surface area (Å²) in [5.41, 5.74) is -0.415. The van der Waals surface area contributed by atoms with E-state index in [0.29, 0.717) is 12.5 Å². The van der Waals surface area contributed by atoms with Crippen molar-refractivity contribution in [3.05, 3.63) is 29.6 Å². The predicted molar refractivity (Wildman–Crippen MR) is 83.8 cm³/mol. The quantitative estimate of drug-likeness (QED) is 0.311. The molecule has 0 heterocycles. The van der Waals surface area contributed by atoms with Gasteiger partial charge in [0.05, 0.1) is 12.2 Å². The van der Waals surface area contributed by atoms with Crippen molar-refractivity contribution in [3.63, 3.8) is 0 Å². The molecule has 0 aliphatic heterocycles. The Balaban J connectivity index is 2.46. The standard InChI is InChI=1S/C15H21F3N4O/c1-3-4-5-8-20-15(19-2)21-9-12(23)22-11-7-6-10(16)13(17)14(11)18/h6-7H,3-5,8-9H2,1-2H3,(H,22,23)(H2,19,20,21). The van der Waals surface area contributed by atoms with Crippen molar-refractivity contribution in [1.82, 2.24) is 10.6 Å². The molecule has 0 aromatic heterocycles. The molecule has 23 heavy (non-hydrogen) atoms. The van der Waals surface area contributed by atoms with Crippen LogP contribution in [0.1, 0.15) is 26.2 Å². The van der Waals surface area contributed by atoms with Crippen molar-refractivity contribution in [1.29, 1.82) is 0 Å². The minimum absolute atomic E-state index is 0.189. The van der Waals surface area contributed by atoms with E-state index >= 15 is 0 Å². The molecule has 0 unspecified atom stereocenters. The maximum absolute atomic E-state index is 13.4. The van der Waals surface area contributed by atoms with Crippen molar-refractivity contribution in [3.8, 4) is 0 Å². The number of unbranched alkanes of at least 4 members (excludes halogenated alkanes) is 2. The molecule has 5 nitrogen and oxygen atoms in total. The number of amides is 1. The van der Waals surface area contributed by atoms with Crippen LogP contribution in [0.15, 0.2) is 17.1 Å². The van der Waals surface area contributed by atoms with Gasteiger partial charge >= 0.3 is 0 Å². The highest BCUT2D eigenvalue weighted by molar-refractivity contribution is 5.95. The van der Waals surface area contributed by atoms with E-state index < -0.39 is 29.0 Å². The molecule has 0 saturated heterocycles. The maximum Gasteiger partial charge on any atom is 0.243 e. The molecule has 1 amide bonds. The lowest BCUT2D eigenvalue weighted by Gasteiger charge is -2.12. The van der Waals surface area contributed by atoms with Crippen LogP contribution in [0.2, 0.25) is 0 Å². The van der Waals surface area contributed by atoms with Gasteiger partial charge in [-0.05, 0) is 18.6 Å². The fourth-order valence-electron chi connectivity index (χ4n) is 1.78. The number of carbonyl (C=O) groups is 1. The molecule has 0 fully saturated rings. The minimum Gasteiger partial charge on any atom is -0.356 e. The number of rotatable bonds is 7. The largest absolute Gasteiger partial charge is 0.356 e. The van der Waals surface area contributed by atoms with Gasteiger partial charge in [-0.3, -0.25) is 9.79 Å². The second-order valence-electron chi connectivity index (χ2n) is 4.83. The molecular weight excluding hydrogens is 309 g/mol. The first-order valence-corrected chi connectivity index (χ1v) is 7.37. The first-order chi connectivity index (χ1) is 11.0. The maximum atomic E-state index is 13.4. The molecule has 0 spiro atoms. The first-order valence-electron chi connectivity index (χ1n) is 7.37. The van der Waals surface area contributed by atoms with Crippen LogP contribution in [-0.2, 0) is 4.79 Å². The fourth-order valence-corrected chi connectivity index (χ4v) is 1.78. The number of aliphatic imine (C=N–C) groups is 1. The Morgan fingerprint density at radius 2 is 1.87 bits per heavy atom. The summed E-state index contributed by atoms with van der Waals surface area (Å²) in [5, 5.41) is 7.94. The van der Waals surface area contributed by atoms with E-state index in [0.717, 1.165) is 31.4 Å². The third kappa shape index (κ3) is 6.17. The van der Waals surface area contributed by atoms with Crippen LogP contribution in [0.3, 0.4) is 0 Å². The van der Waals surface area contributed by atoms with Gasteiger partial charge in [-0.25, -0.2) is 13.2 Å². The van der Waals surface area contributed by atoms with Gasteiger partial charge in [0.25, 0.3) is 0 Å². The third-order valence-electron chi connectivity index (χ3n) is 3.02. The number of hydrogen-bond acceptors (Lipinski definition) is 2. The minimum atomic E-state index is -1.62. The summed E-state index contributed by atoms with van der Waals surface area (Å²) in [6.07, 6.45) is 3.15.